The predicted molar refractivity (Wildman–Crippen MR) is 56.5 cm³/mol. The van der Waals surface area contributed by atoms with E-state index in [0.29, 0.717) is 0 Å². The van der Waals surface area contributed by atoms with Gasteiger partial charge in [-0.15, -0.1) is 0 Å². The highest BCUT2D eigenvalue weighted by atomic mass is 35.5. The van der Waals surface area contributed by atoms with Gasteiger partial charge in [-0.3, -0.25) is 4.74 Å². The second-order valence-electron chi connectivity index (χ2n) is 2.71. The van der Waals surface area contributed by atoms with Gasteiger partial charge in [-0.1, -0.05) is 46.4 Å². The highest BCUT2D eigenvalue weighted by Gasteiger charge is 2.72. The Morgan fingerprint density at radius 1 is 0.667 bits per heavy atom. The monoisotopic (exact) mass is 400 g/mol. The van der Waals surface area contributed by atoms with Crippen LogP contribution < -0.4 is 0 Å². The molecule has 0 aliphatic heterocycles. The first-order chi connectivity index (χ1) is 7.46. The summed E-state index contributed by atoms with van der Waals surface area (Å²) in [6, 6.07) is 0. The standard InChI is InChI=1S/C5Cl6F6O/c6-1(7,3(10,13)14)5(16,17)18-4(11,15)2(8,9)12. The van der Waals surface area contributed by atoms with Gasteiger partial charge < -0.3 is 0 Å². The van der Waals surface area contributed by atoms with Gasteiger partial charge in [0.2, 0.25) is 0 Å². The topological polar surface area (TPSA) is 9.23 Å². The van der Waals surface area contributed by atoms with Gasteiger partial charge in [0.1, 0.15) is 0 Å². The molecular formula is C5Cl6F6O. The molecule has 0 bridgehead atoms. The molecule has 1 nitrogen and oxygen atoms in total. The lowest BCUT2D eigenvalue weighted by Gasteiger charge is -2.35. The van der Waals surface area contributed by atoms with Crippen LogP contribution in [0.2, 0.25) is 0 Å². The molecule has 0 aliphatic carbocycles. The van der Waals surface area contributed by atoms with Crippen molar-refractivity contribution in [3.8, 4) is 0 Å². The lowest BCUT2D eigenvalue weighted by Crippen LogP contribution is -2.55. The normalized spacial score (nSPS) is 18.7. The molecule has 13 heteroatoms. The van der Waals surface area contributed by atoms with Gasteiger partial charge in [-0.05, 0) is 23.2 Å². The molecule has 0 radical (unpaired) electrons. The van der Waals surface area contributed by atoms with E-state index in [0.717, 1.165) is 0 Å². The van der Waals surface area contributed by atoms with E-state index in [1.54, 1.807) is 0 Å². The summed E-state index contributed by atoms with van der Waals surface area (Å²) in [5.41, 5.74) is 0. The Morgan fingerprint density at radius 3 is 1.22 bits per heavy atom. The second kappa shape index (κ2) is 5.24. The van der Waals surface area contributed by atoms with E-state index in [1.807, 2.05) is 0 Å². The van der Waals surface area contributed by atoms with Crippen molar-refractivity contribution in [2.45, 2.75) is 25.7 Å². The van der Waals surface area contributed by atoms with Crippen molar-refractivity contribution in [2.75, 3.05) is 0 Å². The first-order valence-electron chi connectivity index (χ1n) is 3.43. The van der Waals surface area contributed by atoms with Crippen LogP contribution in [0.3, 0.4) is 0 Å². The van der Waals surface area contributed by atoms with Crippen molar-refractivity contribution in [3.63, 3.8) is 0 Å². The van der Waals surface area contributed by atoms with Crippen molar-refractivity contribution < 1.29 is 31.1 Å². The minimum atomic E-state index is -5.45. The minimum Gasteiger partial charge on any atom is -0.262 e. The van der Waals surface area contributed by atoms with Crippen LogP contribution in [-0.2, 0) is 4.74 Å². The average molecular weight is 403 g/mol. The summed E-state index contributed by atoms with van der Waals surface area (Å²) in [7, 11) is 0. The SMILES string of the molecule is FC(F)(Cl)C(Cl)(Cl)C(F)(F)OC(F)(Cl)C(F)(Cl)Cl. The van der Waals surface area contributed by atoms with Crippen LogP contribution in [0.4, 0.5) is 26.3 Å². The molecule has 1 unspecified atom stereocenters. The third-order valence-electron chi connectivity index (χ3n) is 1.31. The Morgan fingerprint density at radius 2 is 1.00 bits per heavy atom. The highest BCUT2D eigenvalue weighted by Crippen LogP contribution is 2.55. The van der Waals surface area contributed by atoms with Crippen LogP contribution in [0.5, 0.6) is 0 Å². The molecule has 0 N–H and O–H groups in total. The van der Waals surface area contributed by atoms with Crippen molar-refractivity contribution >= 4 is 69.6 Å². The first kappa shape index (κ1) is 19.3. The van der Waals surface area contributed by atoms with E-state index >= 15 is 0 Å². The number of ether oxygens (including phenoxy) is 1. The number of halogens is 12. The van der Waals surface area contributed by atoms with Gasteiger partial charge in [0.15, 0.2) is 0 Å². The lowest BCUT2D eigenvalue weighted by molar-refractivity contribution is -0.331. The zero-order chi connectivity index (χ0) is 15.2. The van der Waals surface area contributed by atoms with Gasteiger partial charge in [0.05, 0.1) is 0 Å². The Hall–Kier alpha value is 1.28. The predicted octanol–water partition coefficient (Wildman–Crippen LogP) is 5.56. The third kappa shape index (κ3) is 3.90. The second-order valence-corrected chi connectivity index (χ2v) is 6.23. The van der Waals surface area contributed by atoms with Gasteiger partial charge in [-0.2, -0.15) is 26.3 Å². The summed E-state index contributed by atoms with van der Waals surface area (Å²) in [5.74, 6) is 0. The maximum atomic E-state index is 13.1. The molecule has 18 heavy (non-hydrogen) atoms. The smallest absolute Gasteiger partial charge is 0.262 e. The summed E-state index contributed by atoms with van der Waals surface area (Å²) in [4.78, 5) is 0. The quantitative estimate of drug-likeness (QED) is 0.432. The Kier molecular flexibility index (Phi) is 5.61. The maximum Gasteiger partial charge on any atom is 0.399 e. The molecular weight excluding hydrogens is 403 g/mol. The summed E-state index contributed by atoms with van der Waals surface area (Å²) < 4.78 is 70.9. The fraction of sp³-hybridized carbons (Fsp3) is 1.00. The zero-order valence-corrected chi connectivity index (χ0v) is 12.0. The Balaban J connectivity index is 5.33. The van der Waals surface area contributed by atoms with Gasteiger partial charge in [-0.25, -0.2) is 0 Å². The number of hydrogen-bond donors (Lipinski definition) is 0. The molecule has 0 saturated carbocycles. The van der Waals surface area contributed by atoms with E-state index in [1.165, 1.54) is 0 Å². The average Bonchev–Trinajstić information content (AvgIpc) is 1.96. The molecule has 0 saturated heterocycles. The summed E-state index contributed by atoms with van der Waals surface area (Å²) in [5, 5.41) is -9.61. The van der Waals surface area contributed by atoms with Gasteiger partial charge in [0.25, 0.3) is 4.33 Å². The summed E-state index contributed by atoms with van der Waals surface area (Å²) in [6.07, 6.45) is -5.45. The third-order valence-corrected chi connectivity index (χ3v) is 3.72. The Labute approximate surface area is 126 Å². The zero-order valence-electron chi connectivity index (χ0n) is 7.44. The molecule has 0 fully saturated rings. The van der Waals surface area contributed by atoms with Crippen LogP contribution in [0, 0.1) is 0 Å². The molecule has 0 rings (SSSR count). The van der Waals surface area contributed by atoms with E-state index in [-0.39, 0.29) is 0 Å². The molecule has 0 aromatic rings. The van der Waals surface area contributed by atoms with Crippen LogP contribution in [0.1, 0.15) is 0 Å². The van der Waals surface area contributed by atoms with E-state index < -0.39 is 25.7 Å². The fourth-order valence-electron chi connectivity index (χ4n) is 0.448. The largest absolute Gasteiger partial charge is 0.399 e. The molecule has 0 heterocycles. The van der Waals surface area contributed by atoms with Crippen molar-refractivity contribution in [1.29, 1.82) is 0 Å². The number of rotatable bonds is 5. The van der Waals surface area contributed by atoms with Gasteiger partial charge in [0, 0.05) is 0 Å². The van der Waals surface area contributed by atoms with Crippen LogP contribution >= 0.6 is 69.6 Å². The minimum absolute atomic E-state index is 2.88. The lowest BCUT2D eigenvalue weighted by atomic mass is 10.4. The van der Waals surface area contributed by atoms with Crippen molar-refractivity contribution in [3.05, 3.63) is 0 Å². The maximum absolute atomic E-state index is 13.1. The molecule has 0 amide bonds. The van der Waals surface area contributed by atoms with E-state index in [4.69, 9.17) is 0 Å². The number of alkyl halides is 12. The number of hydrogen-bond acceptors (Lipinski definition) is 1. The van der Waals surface area contributed by atoms with Crippen LogP contribution in [0.15, 0.2) is 0 Å². The van der Waals surface area contributed by atoms with Crippen LogP contribution in [-0.4, -0.2) is 25.7 Å². The van der Waals surface area contributed by atoms with E-state index in [2.05, 4.69) is 74.3 Å². The van der Waals surface area contributed by atoms with Crippen molar-refractivity contribution in [2.24, 2.45) is 0 Å². The van der Waals surface area contributed by atoms with Gasteiger partial charge >= 0.3 is 21.4 Å². The molecule has 110 valence electrons. The fourth-order valence-corrected chi connectivity index (χ4v) is 0.809. The Bertz CT molecular complexity index is 309. The molecule has 0 spiro atoms. The summed E-state index contributed by atoms with van der Waals surface area (Å²) >= 11 is 26.5. The molecule has 0 aliphatic rings. The van der Waals surface area contributed by atoms with Crippen molar-refractivity contribution in [1.82, 2.24) is 0 Å². The molecule has 1 atom stereocenters. The highest BCUT2D eigenvalue weighted by molar-refractivity contribution is 6.53. The summed E-state index contributed by atoms with van der Waals surface area (Å²) in [6.45, 7) is 0. The first-order valence-corrected chi connectivity index (χ1v) is 5.69. The molecule has 0 aromatic heterocycles. The molecule has 0 aromatic carbocycles. The van der Waals surface area contributed by atoms with E-state index in [9.17, 15) is 26.3 Å². The van der Waals surface area contributed by atoms with Crippen LogP contribution in [0.25, 0.3) is 0 Å².